The highest BCUT2D eigenvalue weighted by atomic mass is 32.2. The van der Waals surface area contributed by atoms with Crippen LogP contribution in [0.25, 0.3) is 0 Å². The summed E-state index contributed by atoms with van der Waals surface area (Å²) in [4.78, 5) is 27.2. The van der Waals surface area contributed by atoms with E-state index in [0.29, 0.717) is 23.0 Å². The average molecular weight is 493 g/mol. The summed E-state index contributed by atoms with van der Waals surface area (Å²) in [5.41, 5.74) is 3.02. The summed E-state index contributed by atoms with van der Waals surface area (Å²) in [7, 11) is 1.72. The van der Waals surface area contributed by atoms with E-state index in [0.717, 1.165) is 26.9 Å². The Morgan fingerprint density at radius 3 is 2.79 bits per heavy atom. The van der Waals surface area contributed by atoms with Crippen LogP contribution in [-0.2, 0) is 11.3 Å². The van der Waals surface area contributed by atoms with Gasteiger partial charge in [-0.2, -0.15) is 0 Å². The van der Waals surface area contributed by atoms with Gasteiger partial charge in [0.1, 0.15) is 12.3 Å². The van der Waals surface area contributed by atoms with Crippen LogP contribution in [0.1, 0.15) is 41.2 Å². The molecule has 5 atom stereocenters. The molecular weight excluding hydrogens is 464 g/mol. The summed E-state index contributed by atoms with van der Waals surface area (Å²) < 4.78 is 7.48. The first-order chi connectivity index (χ1) is 16.5. The number of nitrogens with zero attached hydrogens (tertiary/aromatic N) is 1. The van der Waals surface area contributed by atoms with Crippen LogP contribution in [0.2, 0.25) is 0 Å². The Hall–Kier alpha value is -2.51. The molecule has 2 bridgehead atoms. The number of carbonyl (C=O) groups excluding carboxylic acids is 1. The second-order valence-corrected chi connectivity index (χ2v) is 11.9. The minimum absolute atomic E-state index is 0.0374. The minimum Gasteiger partial charge on any atom is -0.496 e. The number of hydrogen-bond acceptors (Lipinski definition) is 5. The number of nitrogens with one attached hydrogen (secondary N) is 1. The van der Waals surface area contributed by atoms with Crippen LogP contribution in [0, 0.1) is 24.7 Å². The molecule has 1 N–H and O–H groups in total. The van der Waals surface area contributed by atoms with Crippen molar-refractivity contribution in [2.75, 3.05) is 12.4 Å². The molecule has 2 aliphatic carbocycles. The van der Waals surface area contributed by atoms with E-state index in [1.165, 1.54) is 36.2 Å². The van der Waals surface area contributed by atoms with Gasteiger partial charge in [0, 0.05) is 27.3 Å². The van der Waals surface area contributed by atoms with Gasteiger partial charge in [0.05, 0.1) is 12.1 Å². The fourth-order valence-corrected chi connectivity index (χ4v) is 9.57. The number of hydrogen-bond donors (Lipinski definition) is 1. The maximum Gasteiger partial charge on any atom is 0.308 e. The Balaban J connectivity index is 1.39. The van der Waals surface area contributed by atoms with Gasteiger partial charge in [-0.15, -0.1) is 11.8 Å². The first-order valence-electron chi connectivity index (χ1n) is 11.9. The van der Waals surface area contributed by atoms with Crippen LogP contribution < -0.4 is 14.9 Å². The van der Waals surface area contributed by atoms with Crippen molar-refractivity contribution in [1.29, 1.82) is 0 Å². The molecule has 176 valence electrons. The summed E-state index contributed by atoms with van der Waals surface area (Å²) in [6.45, 7) is 2.03. The minimum atomic E-state index is -0.169. The summed E-state index contributed by atoms with van der Waals surface area (Å²) in [5, 5.41) is 4.44. The number of ether oxygens (including phenoxy) is 1. The van der Waals surface area contributed by atoms with Crippen molar-refractivity contribution in [2.45, 2.75) is 48.9 Å². The number of aromatic nitrogens is 1. The van der Waals surface area contributed by atoms with Gasteiger partial charge in [0.2, 0.25) is 5.91 Å². The van der Waals surface area contributed by atoms with Crippen LogP contribution in [0.5, 0.6) is 5.75 Å². The number of fused-ring (bicyclic) bond motifs is 6. The number of benzene rings is 2. The molecule has 6 rings (SSSR count). The molecule has 4 unspecified atom stereocenters. The van der Waals surface area contributed by atoms with Crippen molar-refractivity contribution >= 4 is 34.7 Å². The van der Waals surface area contributed by atoms with Gasteiger partial charge < -0.3 is 10.1 Å². The number of thioether (sulfide) groups is 1. The third-order valence-corrected chi connectivity index (χ3v) is 10.6. The summed E-state index contributed by atoms with van der Waals surface area (Å²) in [6.07, 6.45) is 3.83. The molecule has 0 saturated heterocycles. The van der Waals surface area contributed by atoms with E-state index in [1.54, 1.807) is 11.7 Å². The summed E-state index contributed by atoms with van der Waals surface area (Å²) in [6, 6.07) is 16.0. The lowest BCUT2D eigenvalue weighted by Gasteiger charge is -2.40. The second kappa shape index (κ2) is 8.61. The number of rotatable bonds is 5. The molecule has 2 heterocycles. The standard InChI is InChI=1S/C27H28N2O3S2/c1-15-6-5-7-18(12-15)28-21(30)14-29-26-25(34-27(29)31)23(19-8-3-4-9-20(19)32-2)22-16-10-11-17(13-16)24(22)33-26/h3-9,12,16-17,22-24H,10-11,13-14H2,1-2H3,(H,28,30)/t16?,17?,22?,23-,24?/m0/s1. The van der Waals surface area contributed by atoms with Gasteiger partial charge in [0.15, 0.2) is 0 Å². The average Bonchev–Trinajstić information content (AvgIpc) is 3.52. The van der Waals surface area contributed by atoms with Crippen molar-refractivity contribution in [3.8, 4) is 5.75 Å². The Morgan fingerprint density at radius 2 is 1.97 bits per heavy atom. The monoisotopic (exact) mass is 492 g/mol. The van der Waals surface area contributed by atoms with Crippen molar-refractivity contribution in [1.82, 2.24) is 4.57 Å². The molecule has 5 nitrogen and oxygen atoms in total. The van der Waals surface area contributed by atoms with Gasteiger partial charge in [0.25, 0.3) is 0 Å². The molecule has 1 aliphatic heterocycles. The predicted molar refractivity (Wildman–Crippen MR) is 137 cm³/mol. The summed E-state index contributed by atoms with van der Waals surface area (Å²) in [5.74, 6) is 2.76. The molecular formula is C27H28N2O3S2. The molecule has 7 heteroatoms. The van der Waals surface area contributed by atoms with E-state index in [9.17, 15) is 9.59 Å². The molecule has 0 spiro atoms. The fourth-order valence-electron chi connectivity index (χ4n) is 6.43. The second-order valence-electron chi connectivity index (χ2n) is 9.75. The first-order valence-corrected chi connectivity index (χ1v) is 13.6. The van der Waals surface area contributed by atoms with E-state index >= 15 is 0 Å². The quantitative estimate of drug-likeness (QED) is 0.510. The molecule has 34 heavy (non-hydrogen) atoms. The number of para-hydroxylation sites is 1. The highest BCUT2D eigenvalue weighted by Gasteiger charge is 2.55. The molecule has 1 amide bonds. The molecule has 3 aliphatic rings. The molecule has 0 radical (unpaired) electrons. The number of anilines is 1. The molecule has 1 aromatic heterocycles. The van der Waals surface area contributed by atoms with Gasteiger partial charge in [-0.05, 0) is 67.7 Å². The molecule has 3 aromatic rings. The lowest BCUT2D eigenvalue weighted by molar-refractivity contribution is -0.116. The Labute approximate surface area is 207 Å². The van der Waals surface area contributed by atoms with E-state index < -0.39 is 0 Å². The third kappa shape index (κ3) is 3.60. The van der Waals surface area contributed by atoms with E-state index in [2.05, 4.69) is 17.4 Å². The normalized spacial score (nSPS) is 26.7. The topological polar surface area (TPSA) is 60.3 Å². The van der Waals surface area contributed by atoms with Crippen molar-refractivity contribution in [3.63, 3.8) is 0 Å². The molecule has 2 aromatic carbocycles. The maximum atomic E-state index is 13.2. The molecule has 2 saturated carbocycles. The number of aryl methyl sites for hydroxylation is 1. The maximum absolute atomic E-state index is 13.2. The number of thiazole rings is 1. The number of carbonyl (C=O) groups is 1. The third-order valence-electron chi connectivity index (χ3n) is 7.77. The highest BCUT2D eigenvalue weighted by molar-refractivity contribution is 8.00. The van der Waals surface area contributed by atoms with E-state index in [4.69, 9.17) is 4.74 Å². The van der Waals surface area contributed by atoms with Crippen molar-refractivity contribution in [2.24, 2.45) is 17.8 Å². The predicted octanol–water partition coefficient (Wildman–Crippen LogP) is 5.52. The van der Waals surface area contributed by atoms with Crippen LogP contribution in [0.15, 0.2) is 58.4 Å². The van der Waals surface area contributed by atoms with Crippen LogP contribution in [0.4, 0.5) is 5.69 Å². The van der Waals surface area contributed by atoms with Crippen molar-refractivity contribution in [3.05, 3.63) is 74.2 Å². The zero-order valence-electron chi connectivity index (χ0n) is 19.3. The molecule has 2 fully saturated rings. The lowest BCUT2D eigenvalue weighted by atomic mass is 9.74. The highest BCUT2D eigenvalue weighted by Crippen LogP contribution is 2.64. The Morgan fingerprint density at radius 1 is 1.15 bits per heavy atom. The fraction of sp³-hybridized carbons (Fsp3) is 0.407. The smallest absolute Gasteiger partial charge is 0.308 e. The Kier molecular flexibility index (Phi) is 5.57. The lowest BCUT2D eigenvalue weighted by Crippen LogP contribution is -2.35. The summed E-state index contributed by atoms with van der Waals surface area (Å²) >= 11 is 3.17. The van der Waals surface area contributed by atoms with Gasteiger partial charge in [-0.25, -0.2) is 0 Å². The van der Waals surface area contributed by atoms with Gasteiger partial charge in [-0.1, -0.05) is 41.7 Å². The van der Waals surface area contributed by atoms with E-state index in [1.807, 2.05) is 55.1 Å². The first kappa shape index (κ1) is 22.0. The van der Waals surface area contributed by atoms with Crippen molar-refractivity contribution < 1.29 is 9.53 Å². The van der Waals surface area contributed by atoms with Gasteiger partial charge in [-0.3, -0.25) is 14.2 Å². The van der Waals surface area contributed by atoms with Crippen LogP contribution >= 0.6 is 23.1 Å². The largest absolute Gasteiger partial charge is 0.496 e. The van der Waals surface area contributed by atoms with Gasteiger partial charge >= 0.3 is 4.87 Å². The number of amides is 1. The zero-order chi connectivity index (χ0) is 23.4. The Bertz CT molecular complexity index is 1310. The van der Waals surface area contributed by atoms with Crippen LogP contribution in [-0.4, -0.2) is 22.8 Å². The van der Waals surface area contributed by atoms with Crippen LogP contribution in [0.3, 0.4) is 0 Å². The van der Waals surface area contributed by atoms with E-state index in [-0.39, 0.29) is 23.2 Å². The SMILES string of the molecule is COc1ccccc1[C@@H]1c2sc(=O)n(CC(=O)Nc3cccc(C)c3)c2SC2C3CCC(C3)C21. The zero-order valence-corrected chi connectivity index (χ0v) is 21.0. The number of methoxy groups -OCH3 is 1.